The molecule has 0 spiro atoms. The van der Waals surface area contributed by atoms with Crippen LogP contribution >= 0.6 is 0 Å². The van der Waals surface area contributed by atoms with Crippen LogP contribution in [0, 0.1) is 5.82 Å². The maximum atomic E-state index is 13.5. The van der Waals surface area contributed by atoms with Gasteiger partial charge in [0.1, 0.15) is 11.9 Å². The van der Waals surface area contributed by atoms with Crippen molar-refractivity contribution in [1.82, 2.24) is 10.2 Å². The normalized spacial score (nSPS) is 17.1. The molecule has 140 valence electrons. The molecule has 1 heterocycles. The topological polar surface area (TPSA) is 79.0 Å². The summed E-state index contributed by atoms with van der Waals surface area (Å²) < 4.78 is 43.9. The van der Waals surface area contributed by atoms with Gasteiger partial charge >= 0.3 is 0 Å². The summed E-state index contributed by atoms with van der Waals surface area (Å²) in [6, 6.07) is 4.20. The maximum absolute atomic E-state index is 13.5. The number of amides is 1. The quantitative estimate of drug-likeness (QED) is 0.750. The minimum absolute atomic E-state index is 0.123. The Bertz CT molecular complexity index is 692. The fourth-order valence-electron chi connectivity index (χ4n) is 2.73. The van der Waals surface area contributed by atoms with Crippen LogP contribution in [0.25, 0.3) is 0 Å². The number of carbonyl (C=O) groups excluding carboxylic acids is 1. The molecule has 0 radical (unpaired) electrons. The zero-order valence-corrected chi connectivity index (χ0v) is 15.3. The van der Waals surface area contributed by atoms with Crippen molar-refractivity contribution in [2.24, 2.45) is 0 Å². The third-order valence-electron chi connectivity index (χ3n) is 3.98. The fraction of sp³-hybridized carbons (Fsp3) is 0.562. The van der Waals surface area contributed by atoms with Crippen LogP contribution in [0.3, 0.4) is 0 Å². The molecule has 0 unspecified atom stereocenters. The number of anilines is 1. The molecule has 1 N–H and O–H groups in total. The largest absolute Gasteiger partial charge is 0.379 e. The van der Waals surface area contributed by atoms with Crippen molar-refractivity contribution < 1.29 is 22.3 Å². The molecule has 1 fully saturated rings. The zero-order chi connectivity index (χ0) is 18.4. The molecule has 1 aromatic rings. The van der Waals surface area contributed by atoms with E-state index < -0.39 is 27.8 Å². The second-order valence-corrected chi connectivity index (χ2v) is 7.82. The van der Waals surface area contributed by atoms with Crippen molar-refractivity contribution in [3.8, 4) is 0 Å². The average Bonchev–Trinajstić information content (AvgIpc) is 2.54. The Morgan fingerprint density at radius 1 is 1.40 bits per heavy atom. The molecule has 1 aliphatic rings. The first-order valence-corrected chi connectivity index (χ1v) is 9.96. The molecule has 0 aliphatic carbocycles. The van der Waals surface area contributed by atoms with Crippen molar-refractivity contribution in [1.29, 1.82) is 0 Å². The van der Waals surface area contributed by atoms with E-state index in [4.69, 9.17) is 4.74 Å². The summed E-state index contributed by atoms with van der Waals surface area (Å²) in [5.41, 5.74) is 0.123. The van der Waals surface area contributed by atoms with Crippen molar-refractivity contribution in [2.45, 2.75) is 13.0 Å². The highest BCUT2D eigenvalue weighted by Gasteiger charge is 2.29. The predicted molar refractivity (Wildman–Crippen MR) is 93.5 cm³/mol. The summed E-state index contributed by atoms with van der Waals surface area (Å²) in [4.78, 5) is 14.5. The number of carbonyl (C=O) groups is 1. The average molecular weight is 373 g/mol. The first-order chi connectivity index (χ1) is 11.8. The number of rotatable bonds is 7. The lowest BCUT2D eigenvalue weighted by molar-refractivity contribution is -0.121. The molecule has 1 amide bonds. The predicted octanol–water partition coefficient (Wildman–Crippen LogP) is 0.429. The Morgan fingerprint density at radius 2 is 2.08 bits per heavy atom. The second kappa shape index (κ2) is 8.59. The van der Waals surface area contributed by atoms with Gasteiger partial charge < -0.3 is 10.1 Å². The van der Waals surface area contributed by atoms with Crippen LogP contribution in [-0.2, 0) is 19.6 Å². The van der Waals surface area contributed by atoms with Crippen LogP contribution in [0.1, 0.15) is 6.92 Å². The maximum Gasteiger partial charge on any atom is 0.243 e. The van der Waals surface area contributed by atoms with E-state index in [2.05, 4.69) is 10.2 Å². The number of halogens is 1. The number of hydrogen-bond acceptors (Lipinski definition) is 5. The van der Waals surface area contributed by atoms with Gasteiger partial charge in [0.15, 0.2) is 0 Å². The van der Waals surface area contributed by atoms with E-state index in [1.165, 1.54) is 25.1 Å². The molecule has 7 nitrogen and oxygen atoms in total. The molecule has 1 saturated heterocycles. The molecular weight excluding hydrogens is 349 g/mol. The lowest BCUT2D eigenvalue weighted by Crippen LogP contribution is -2.49. The van der Waals surface area contributed by atoms with Crippen LogP contribution in [0.4, 0.5) is 10.1 Å². The van der Waals surface area contributed by atoms with Crippen LogP contribution in [0.15, 0.2) is 24.3 Å². The van der Waals surface area contributed by atoms with Gasteiger partial charge in [0.25, 0.3) is 0 Å². The third kappa shape index (κ3) is 5.65. The number of hydrogen-bond donors (Lipinski definition) is 1. The molecule has 2 rings (SSSR count). The summed E-state index contributed by atoms with van der Waals surface area (Å²) in [7, 11) is -3.75. The van der Waals surface area contributed by atoms with E-state index in [9.17, 15) is 17.6 Å². The minimum atomic E-state index is -3.75. The Balaban J connectivity index is 2.00. The van der Waals surface area contributed by atoms with Crippen LogP contribution < -0.4 is 9.62 Å². The molecule has 0 bridgehead atoms. The van der Waals surface area contributed by atoms with E-state index >= 15 is 0 Å². The first kappa shape index (κ1) is 19.6. The summed E-state index contributed by atoms with van der Waals surface area (Å²) in [6.45, 7) is 5.52. The van der Waals surface area contributed by atoms with Gasteiger partial charge in [-0.3, -0.25) is 14.0 Å². The highest BCUT2D eigenvalue weighted by Crippen LogP contribution is 2.21. The summed E-state index contributed by atoms with van der Waals surface area (Å²) in [6.07, 6.45) is 0.995. The molecule has 1 atom stereocenters. The standard InChI is InChI=1S/C16H24FN3O4S/c1-13(16(21)18-6-7-19-8-10-24-11-9-19)20(25(2,22)23)15-5-3-4-14(17)12-15/h3-5,12-13H,6-11H2,1-2H3,(H,18,21)/t13-/m0/s1. The number of sulfonamides is 1. The van der Waals surface area contributed by atoms with Crippen molar-refractivity contribution in [2.75, 3.05) is 50.0 Å². The van der Waals surface area contributed by atoms with Gasteiger partial charge in [0, 0.05) is 26.2 Å². The van der Waals surface area contributed by atoms with Crippen LogP contribution in [0.2, 0.25) is 0 Å². The molecule has 1 aliphatic heterocycles. The van der Waals surface area contributed by atoms with E-state index in [0.29, 0.717) is 26.3 Å². The summed E-state index contributed by atoms with van der Waals surface area (Å²) in [5, 5.41) is 2.75. The van der Waals surface area contributed by atoms with E-state index in [-0.39, 0.29) is 5.69 Å². The smallest absolute Gasteiger partial charge is 0.243 e. The molecule has 1 aromatic carbocycles. The fourth-order valence-corrected chi connectivity index (χ4v) is 3.90. The lowest BCUT2D eigenvalue weighted by Gasteiger charge is -2.29. The SMILES string of the molecule is C[C@@H](C(=O)NCCN1CCOCC1)N(c1cccc(F)c1)S(C)(=O)=O. The Morgan fingerprint density at radius 3 is 2.68 bits per heavy atom. The van der Waals surface area contributed by atoms with Crippen molar-refractivity contribution in [3.63, 3.8) is 0 Å². The molecule has 0 saturated carbocycles. The summed E-state index contributed by atoms with van der Waals surface area (Å²) >= 11 is 0. The van der Waals surface area contributed by atoms with E-state index in [1.54, 1.807) is 0 Å². The minimum Gasteiger partial charge on any atom is -0.379 e. The Hall–Kier alpha value is -1.71. The second-order valence-electron chi connectivity index (χ2n) is 5.96. The van der Waals surface area contributed by atoms with Crippen molar-refractivity contribution >= 4 is 21.6 Å². The van der Waals surface area contributed by atoms with Gasteiger partial charge in [-0.1, -0.05) is 6.07 Å². The number of ether oxygens (including phenoxy) is 1. The molecule has 0 aromatic heterocycles. The lowest BCUT2D eigenvalue weighted by atomic mass is 10.2. The van der Waals surface area contributed by atoms with Gasteiger partial charge in [0.05, 0.1) is 25.2 Å². The van der Waals surface area contributed by atoms with E-state index in [0.717, 1.165) is 29.7 Å². The number of morpholine rings is 1. The zero-order valence-electron chi connectivity index (χ0n) is 14.4. The number of nitrogens with one attached hydrogen (secondary N) is 1. The van der Waals surface area contributed by atoms with Crippen LogP contribution in [-0.4, -0.2) is 70.9 Å². The van der Waals surface area contributed by atoms with Crippen LogP contribution in [0.5, 0.6) is 0 Å². The van der Waals surface area contributed by atoms with E-state index in [1.807, 2.05) is 0 Å². The third-order valence-corrected chi connectivity index (χ3v) is 5.22. The number of benzene rings is 1. The Kier molecular flexibility index (Phi) is 6.74. The van der Waals surface area contributed by atoms with Gasteiger partial charge in [-0.15, -0.1) is 0 Å². The molecule has 25 heavy (non-hydrogen) atoms. The highest BCUT2D eigenvalue weighted by molar-refractivity contribution is 7.92. The van der Waals surface area contributed by atoms with Gasteiger partial charge in [-0.25, -0.2) is 12.8 Å². The van der Waals surface area contributed by atoms with Gasteiger partial charge in [-0.05, 0) is 25.1 Å². The summed E-state index contributed by atoms with van der Waals surface area (Å²) in [5.74, 6) is -0.992. The Labute approximate surface area is 147 Å². The number of nitrogens with zero attached hydrogens (tertiary/aromatic N) is 2. The first-order valence-electron chi connectivity index (χ1n) is 8.12. The van der Waals surface area contributed by atoms with Gasteiger partial charge in [0.2, 0.25) is 15.9 Å². The molecular formula is C16H24FN3O4S. The highest BCUT2D eigenvalue weighted by atomic mass is 32.2. The van der Waals surface area contributed by atoms with Gasteiger partial charge in [-0.2, -0.15) is 0 Å². The monoisotopic (exact) mass is 373 g/mol. The van der Waals surface area contributed by atoms with Crippen molar-refractivity contribution in [3.05, 3.63) is 30.1 Å². The molecule has 9 heteroatoms.